The molecule has 0 aliphatic carbocycles. The van der Waals surface area contributed by atoms with Crippen LogP contribution in [0.2, 0.25) is 0 Å². The predicted octanol–water partition coefficient (Wildman–Crippen LogP) is -0.496. The van der Waals surface area contributed by atoms with Gasteiger partial charge in [0.2, 0.25) is 11.8 Å². The van der Waals surface area contributed by atoms with Crippen molar-refractivity contribution in [2.24, 2.45) is 0 Å². The number of aromatic nitrogens is 3. The first-order valence-electron chi connectivity index (χ1n) is 10.7. The summed E-state index contributed by atoms with van der Waals surface area (Å²) in [4.78, 5) is 50.7. The van der Waals surface area contributed by atoms with Crippen molar-refractivity contribution in [3.05, 3.63) is 46.8 Å². The molecule has 4 amide bonds. The van der Waals surface area contributed by atoms with Crippen LogP contribution in [0.25, 0.3) is 0 Å². The highest BCUT2D eigenvalue weighted by atomic mass is 16.2. The van der Waals surface area contributed by atoms with Crippen molar-refractivity contribution in [3.8, 4) is 0 Å². The summed E-state index contributed by atoms with van der Waals surface area (Å²) in [5, 5.41) is 17.2. The van der Waals surface area contributed by atoms with E-state index in [9.17, 15) is 19.2 Å². The summed E-state index contributed by atoms with van der Waals surface area (Å²) in [6, 6.07) is 4.44. The summed E-state index contributed by atoms with van der Waals surface area (Å²) in [5.74, 6) is -2.02. The minimum absolute atomic E-state index is 0.0931. The van der Waals surface area contributed by atoms with Crippen molar-refractivity contribution >= 4 is 23.6 Å². The summed E-state index contributed by atoms with van der Waals surface area (Å²) in [7, 11) is 0. The van der Waals surface area contributed by atoms with Gasteiger partial charge in [0.15, 0.2) is 0 Å². The average Bonchev–Trinajstić information content (AvgIpc) is 3.51. The molecule has 3 N–H and O–H groups in total. The number of hydrogen-bond donors (Lipinski definition) is 3. The van der Waals surface area contributed by atoms with Gasteiger partial charge in [0.05, 0.1) is 29.1 Å². The van der Waals surface area contributed by atoms with Crippen molar-refractivity contribution in [1.82, 2.24) is 35.8 Å². The number of fused-ring (bicyclic) bond motifs is 1. The lowest BCUT2D eigenvalue weighted by Crippen LogP contribution is -2.54. The van der Waals surface area contributed by atoms with Gasteiger partial charge < -0.3 is 10.6 Å². The van der Waals surface area contributed by atoms with Crippen molar-refractivity contribution in [3.63, 3.8) is 0 Å². The number of rotatable bonds is 6. The smallest absolute Gasteiger partial charge is 0.262 e. The molecule has 0 spiro atoms. The summed E-state index contributed by atoms with van der Waals surface area (Å²) in [6.07, 6.45) is 3.16. The van der Waals surface area contributed by atoms with Crippen LogP contribution < -0.4 is 16.0 Å². The Kier molecular flexibility index (Phi) is 5.27. The molecule has 11 heteroatoms. The molecule has 2 saturated heterocycles. The lowest BCUT2D eigenvalue weighted by molar-refractivity contribution is -0.136. The highest BCUT2D eigenvalue weighted by Gasteiger charge is 2.45. The second-order valence-electron chi connectivity index (χ2n) is 8.23. The molecule has 166 valence electrons. The van der Waals surface area contributed by atoms with E-state index in [0.29, 0.717) is 30.3 Å². The van der Waals surface area contributed by atoms with Crippen LogP contribution in [0, 0.1) is 0 Å². The fourth-order valence-electron chi connectivity index (χ4n) is 4.50. The molecule has 2 unspecified atom stereocenters. The molecule has 4 heterocycles. The Bertz CT molecular complexity index is 1110. The fraction of sp³-hybridized carbons (Fsp3) is 0.429. The predicted molar refractivity (Wildman–Crippen MR) is 110 cm³/mol. The molecule has 1 aromatic carbocycles. The van der Waals surface area contributed by atoms with Gasteiger partial charge in [0, 0.05) is 26.1 Å². The number of amides is 4. The molecule has 3 aliphatic rings. The third-order valence-electron chi connectivity index (χ3n) is 6.14. The van der Waals surface area contributed by atoms with Crippen LogP contribution in [0.4, 0.5) is 0 Å². The fourth-order valence-corrected chi connectivity index (χ4v) is 4.50. The van der Waals surface area contributed by atoms with Gasteiger partial charge in [-0.1, -0.05) is 17.3 Å². The number of carbonyl (C=O) groups excluding carboxylic acids is 4. The molecular formula is C21H23N7O4. The zero-order chi connectivity index (χ0) is 22.2. The second kappa shape index (κ2) is 8.24. The Morgan fingerprint density at radius 3 is 2.75 bits per heavy atom. The van der Waals surface area contributed by atoms with Crippen LogP contribution in [0.1, 0.15) is 57.3 Å². The monoisotopic (exact) mass is 437 g/mol. The average molecular weight is 437 g/mol. The van der Waals surface area contributed by atoms with Gasteiger partial charge >= 0.3 is 0 Å². The standard InChI is InChI=1S/C21H23N7O4/c29-17-5-4-16(19(30)24-17)28-20(31)15-3-1-2-12(18(15)21(28)32)8-23-9-13-11-27(26-25-13)14-6-7-22-10-14/h1-3,11,14,16,22-23H,4-10H2,(H,24,29,30). The molecule has 3 aliphatic heterocycles. The maximum absolute atomic E-state index is 13.1. The van der Waals surface area contributed by atoms with Crippen LogP contribution in [-0.4, -0.2) is 62.7 Å². The zero-order valence-corrected chi connectivity index (χ0v) is 17.3. The van der Waals surface area contributed by atoms with E-state index >= 15 is 0 Å². The quantitative estimate of drug-likeness (QED) is 0.515. The van der Waals surface area contributed by atoms with E-state index in [2.05, 4.69) is 26.3 Å². The van der Waals surface area contributed by atoms with Crippen molar-refractivity contribution in [1.29, 1.82) is 0 Å². The molecule has 2 aromatic rings. The highest BCUT2D eigenvalue weighted by molar-refractivity contribution is 6.24. The van der Waals surface area contributed by atoms with Crippen LogP contribution in [0.15, 0.2) is 24.4 Å². The van der Waals surface area contributed by atoms with Gasteiger partial charge in [0.25, 0.3) is 11.8 Å². The lowest BCUT2D eigenvalue weighted by atomic mass is 10.0. The Morgan fingerprint density at radius 2 is 1.97 bits per heavy atom. The first-order chi connectivity index (χ1) is 15.5. The van der Waals surface area contributed by atoms with Crippen molar-refractivity contribution in [2.45, 2.75) is 44.4 Å². The topological polar surface area (TPSA) is 138 Å². The third-order valence-corrected chi connectivity index (χ3v) is 6.14. The van der Waals surface area contributed by atoms with Gasteiger partial charge in [-0.25, -0.2) is 4.68 Å². The molecule has 0 radical (unpaired) electrons. The van der Waals surface area contributed by atoms with E-state index < -0.39 is 29.7 Å². The Balaban J connectivity index is 1.28. The Hall–Kier alpha value is -3.44. The van der Waals surface area contributed by atoms with E-state index in [1.54, 1.807) is 18.2 Å². The number of hydrogen-bond acceptors (Lipinski definition) is 8. The first-order valence-corrected chi connectivity index (χ1v) is 10.7. The van der Waals surface area contributed by atoms with Crippen LogP contribution >= 0.6 is 0 Å². The molecule has 2 fully saturated rings. The number of benzene rings is 1. The maximum Gasteiger partial charge on any atom is 0.262 e. The van der Waals surface area contributed by atoms with Crippen LogP contribution in [-0.2, 0) is 22.7 Å². The number of carbonyl (C=O) groups is 4. The summed E-state index contributed by atoms with van der Waals surface area (Å²) < 4.78 is 1.87. The minimum atomic E-state index is -0.971. The summed E-state index contributed by atoms with van der Waals surface area (Å²) in [5.41, 5.74) is 2.04. The Labute approximate surface area is 183 Å². The SMILES string of the molecule is O=C1CCC(N2C(=O)c3cccc(CNCc4cn(C5CCNC5)nn4)c3C2=O)C(=O)N1. The van der Waals surface area contributed by atoms with Gasteiger partial charge in [0.1, 0.15) is 6.04 Å². The van der Waals surface area contributed by atoms with Crippen LogP contribution in [0.5, 0.6) is 0 Å². The zero-order valence-electron chi connectivity index (χ0n) is 17.3. The normalized spacial score (nSPS) is 23.1. The molecule has 32 heavy (non-hydrogen) atoms. The maximum atomic E-state index is 13.1. The summed E-state index contributed by atoms with van der Waals surface area (Å²) in [6.45, 7) is 2.66. The Morgan fingerprint density at radius 1 is 1.09 bits per heavy atom. The molecule has 11 nitrogen and oxygen atoms in total. The van der Waals surface area contributed by atoms with Crippen LogP contribution in [0.3, 0.4) is 0 Å². The van der Waals surface area contributed by atoms with Gasteiger partial charge in [-0.2, -0.15) is 0 Å². The number of nitrogens with one attached hydrogen (secondary N) is 3. The molecular weight excluding hydrogens is 414 g/mol. The number of piperidine rings is 1. The second-order valence-corrected chi connectivity index (χ2v) is 8.23. The molecule has 0 saturated carbocycles. The molecule has 1 aromatic heterocycles. The highest BCUT2D eigenvalue weighted by Crippen LogP contribution is 2.30. The van der Waals surface area contributed by atoms with E-state index in [1.165, 1.54) is 0 Å². The number of nitrogens with zero attached hydrogens (tertiary/aromatic N) is 4. The molecule has 2 atom stereocenters. The lowest BCUT2D eigenvalue weighted by Gasteiger charge is -2.27. The largest absolute Gasteiger partial charge is 0.315 e. The molecule has 5 rings (SSSR count). The van der Waals surface area contributed by atoms with E-state index in [1.807, 2.05) is 10.9 Å². The summed E-state index contributed by atoms with van der Waals surface area (Å²) >= 11 is 0. The van der Waals surface area contributed by atoms with Gasteiger partial charge in [-0.3, -0.25) is 29.4 Å². The first kappa shape index (κ1) is 20.5. The number of imide groups is 2. The third kappa shape index (κ3) is 3.59. The van der Waals surface area contributed by atoms with Gasteiger partial charge in [-0.05, 0) is 31.0 Å². The van der Waals surface area contributed by atoms with E-state index in [-0.39, 0.29) is 18.4 Å². The molecule has 0 bridgehead atoms. The minimum Gasteiger partial charge on any atom is -0.315 e. The van der Waals surface area contributed by atoms with E-state index in [0.717, 1.165) is 30.1 Å². The van der Waals surface area contributed by atoms with Crippen molar-refractivity contribution < 1.29 is 19.2 Å². The van der Waals surface area contributed by atoms with Gasteiger partial charge in [-0.15, -0.1) is 5.10 Å². The van der Waals surface area contributed by atoms with Crippen molar-refractivity contribution in [2.75, 3.05) is 13.1 Å². The van der Waals surface area contributed by atoms with E-state index in [4.69, 9.17) is 0 Å².